The second-order valence-electron chi connectivity index (χ2n) is 3.12. The van der Waals surface area contributed by atoms with Crippen molar-refractivity contribution in [3.05, 3.63) is 0 Å². The molecule has 16 heavy (non-hydrogen) atoms. The molecule has 0 bridgehead atoms. The van der Waals surface area contributed by atoms with Crippen molar-refractivity contribution < 1.29 is 9.59 Å². The number of rotatable bonds is 3. The van der Waals surface area contributed by atoms with Crippen LogP contribution in [0.25, 0.3) is 0 Å². The van der Waals surface area contributed by atoms with Crippen LogP contribution < -0.4 is 10.6 Å². The molecule has 2 amide bonds. The summed E-state index contributed by atoms with van der Waals surface area (Å²) in [6.07, 6.45) is 0. The van der Waals surface area contributed by atoms with Gasteiger partial charge in [0.15, 0.2) is 0 Å². The zero-order chi connectivity index (χ0) is 11.8. The Bertz CT molecular complexity index is 298. The minimum Gasteiger partial charge on any atom is -0.347 e. The molecule has 88 valence electrons. The van der Waals surface area contributed by atoms with Crippen LogP contribution in [0.1, 0.15) is 0 Å². The van der Waals surface area contributed by atoms with E-state index in [9.17, 15) is 9.59 Å². The van der Waals surface area contributed by atoms with E-state index in [0.717, 1.165) is 17.3 Å². The van der Waals surface area contributed by atoms with Gasteiger partial charge in [0.2, 0.25) is 0 Å². The van der Waals surface area contributed by atoms with Gasteiger partial charge in [-0.05, 0) is 0 Å². The van der Waals surface area contributed by atoms with Gasteiger partial charge in [0.25, 0.3) is 0 Å². The van der Waals surface area contributed by atoms with Gasteiger partial charge < -0.3 is 10.6 Å². The summed E-state index contributed by atoms with van der Waals surface area (Å²) in [5, 5.41) is 13.4. The second-order valence-corrected chi connectivity index (χ2v) is 5.68. The quantitative estimate of drug-likeness (QED) is 0.532. The van der Waals surface area contributed by atoms with Gasteiger partial charge in [-0.1, -0.05) is 0 Å². The topological polar surface area (TPSA) is 82.0 Å². The van der Waals surface area contributed by atoms with E-state index in [-0.39, 0.29) is 6.54 Å². The third kappa shape index (κ3) is 4.77. The fourth-order valence-corrected chi connectivity index (χ4v) is 3.75. The number of nitriles is 1. The Morgan fingerprint density at radius 1 is 1.31 bits per heavy atom. The average molecular weight is 259 g/mol. The molecule has 1 heterocycles. The molecule has 1 rings (SSSR count). The van der Waals surface area contributed by atoms with E-state index in [1.807, 2.05) is 23.5 Å². The molecular formula is C9H13N3O2S2. The van der Waals surface area contributed by atoms with Gasteiger partial charge in [-0.3, -0.25) is 9.59 Å². The highest BCUT2D eigenvalue weighted by atomic mass is 32.2. The maximum Gasteiger partial charge on any atom is 0.310 e. The Labute approximate surface area is 103 Å². The largest absolute Gasteiger partial charge is 0.347 e. The number of carbonyl (C=O) groups excluding carboxylic acids is 2. The lowest BCUT2D eigenvalue weighted by Gasteiger charge is -2.20. The number of thioether (sulfide) groups is 2. The van der Waals surface area contributed by atoms with Gasteiger partial charge in [0, 0.05) is 29.1 Å². The van der Waals surface area contributed by atoms with Gasteiger partial charge >= 0.3 is 11.8 Å². The Hall–Kier alpha value is -0.870. The molecule has 0 aliphatic carbocycles. The van der Waals surface area contributed by atoms with Crippen molar-refractivity contribution in [2.45, 2.75) is 5.25 Å². The highest BCUT2D eigenvalue weighted by Gasteiger charge is 2.17. The number of amides is 2. The Morgan fingerprint density at radius 3 is 2.69 bits per heavy atom. The molecule has 2 N–H and O–H groups in total. The maximum absolute atomic E-state index is 11.2. The molecule has 0 aromatic carbocycles. The summed E-state index contributed by atoms with van der Waals surface area (Å²) >= 11 is 3.68. The van der Waals surface area contributed by atoms with Crippen molar-refractivity contribution in [2.75, 3.05) is 30.3 Å². The molecule has 7 heteroatoms. The summed E-state index contributed by atoms with van der Waals surface area (Å²) < 4.78 is 0. The molecule has 1 saturated heterocycles. The highest BCUT2D eigenvalue weighted by molar-refractivity contribution is 8.06. The summed E-state index contributed by atoms with van der Waals surface area (Å²) in [5.41, 5.74) is 0. The van der Waals surface area contributed by atoms with E-state index in [1.165, 1.54) is 0 Å². The predicted octanol–water partition coefficient (Wildman–Crippen LogP) is -0.409. The molecule has 1 aliphatic rings. The molecule has 1 fully saturated rings. The second kappa shape index (κ2) is 7.41. The van der Waals surface area contributed by atoms with Crippen LogP contribution >= 0.6 is 23.5 Å². The van der Waals surface area contributed by atoms with Crippen molar-refractivity contribution in [3.63, 3.8) is 0 Å². The van der Waals surface area contributed by atoms with Crippen molar-refractivity contribution in [1.82, 2.24) is 10.6 Å². The standard InChI is InChI=1S/C9H13N3O2S2/c10-1-2-11-8(13)9(14)12-5-7-6-15-3-4-16-7/h7H,2-6H2,(H,11,13)(H,12,14). The van der Waals surface area contributed by atoms with Crippen LogP contribution in [0.4, 0.5) is 0 Å². The van der Waals surface area contributed by atoms with E-state index in [1.54, 1.807) is 6.07 Å². The summed E-state index contributed by atoms with van der Waals surface area (Å²) in [6.45, 7) is 0.372. The molecule has 0 spiro atoms. The van der Waals surface area contributed by atoms with Crippen molar-refractivity contribution >= 4 is 35.3 Å². The Balaban J connectivity index is 2.18. The van der Waals surface area contributed by atoms with Crippen LogP contribution in [0.5, 0.6) is 0 Å². The fraction of sp³-hybridized carbons (Fsp3) is 0.667. The minimum atomic E-state index is -0.741. The summed E-state index contributed by atoms with van der Waals surface area (Å²) in [5.74, 6) is 1.84. The zero-order valence-electron chi connectivity index (χ0n) is 8.69. The number of hydrogen-bond donors (Lipinski definition) is 2. The summed E-state index contributed by atoms with van der Waals surface area (Å²) in [6, 6.07) is 1.74. The van der Waals surface area contributed by atoms with Crippen LogP contribution in [0.3, 0.4) is 0 Å². The number of carbonyl (C=O) groups is 2. The molecule has 0 aromatic rings. The first kappa shape index (κ1) is 13.2. The van der Waals surface area contributed by atoms with Gasteiger partial charge in [0.05, 0.1) is 6.07 Å². The summed E-state index contributed by atoms with van der Waals surface area (Å²) in [4.78, 5) is 22.3. The van der Waals surface area contributed by atoms with Crippen LogP contribution in [0.2, 0.25) is 0 Å². The fourth-order valence-electron chi connectivity index (χ4n) is 1.14. The molecule has 1 atom stereocenters. The normalized spacial score (nSPS) is 19.6. The number of nitrogens with zero attached hydrogens (tertiary/aromatic N) is 1. The highest BCUT2D eigenvalue weighted by Crippen LogP contribution is 2.23. The molecule has 0 aromatic heterocycles. The van der Waals surface area contributed by atoms with Crippen molar-refractivity contribution in [3.8, 4) is 6.07 Å². The molecule has 1 unspecified atom stereocenters. The zero-order valence-corrected chi connectivity index (χ0v) is 10.3. The third-order valence-corrected chi connectivity index (χ3v) is 4.75. The number of hydrogen-bond acceptors (Lipinski definition) is 5. The van der Waals surface area contributed by atoms with Crippen LogP contribution in [-0.4, -0.2) is 47.4 Å². The smallest absolute Gasteiger partial charge is 0.310 e. The minimum absolute atomic E-state index is 0.139. The maximum atomic E-state index is 11.2. The number of nitrogens with one attached hydrogen (secondary N) is 2. The van der Waals surface area contributed by atoms with Crippen LogP contribution in [-0.2, 0) is 9.59 Å². The first-order chi connectivity index (χ1) is 7.74. The van der Waals surface area contributed by atoms with Gasteiger partial charge in [-0.2, -0.15) is 28.8 Å². The molecule has 0 radical (unpaired) electrons. The summed E-state index contributed by atoms with van der Waals surface area (Å²) in [7, 11) is 0. The van der Waals surface area contributed by atoms with E-state index in [4.69, 9.17) is 5.26 Å². The monoisotopic (exact) mass is 259 g/mol. The Kier molecular flexibility index (Phi) is 6.11. The first-order valence-corrected chi connectivity index (χ1v) is 7.06. The predicted molar refractivity (Wildman–Crippen MR) is 65.2 cm³/mol. The lowest BCUT2D eigenvalue weighted by Crippen LogP contribution is -2.43. The van der Waals surface area contributed by atoms with E-state index >= 15 is 0 Å². The first-order valence-electron chi connectivity index (χ1n) is 4.86. The third-order valence-electron chi connectivity index (χ3n) is 1.91. The van der Waals surface area contributed by atoms with Crippen LogP contribution in [0, 0.1) is 11.3 Å². The average Bonchev–Trinajstić information content (AvgIpc) is 2.34. The molecular weight excluding hydrogens is 246 g/mol. The van der Waals surface area contributed by atoms with Gasteiger partial charge in [-0.15, -0.1) is 0 Å². The van der Waals surface area contributed by atoms with Crippen molar-refractivity contribution in [2.24, 2.45) is 0 Å². The lowest BCUT2D eigenvalue weighted by atomic mass is 10.4. The van der Waals surface area contributed by atoms with E-state index in [0.29, 0.717) is 11.8 Å². The van der Waals surface area contributed by atoms with Gasteiger partial charge in [0.1, 0.15) is 6.54 Å². The van der Waals surface area contributed by atoms with Crippen LogP contribution in [0.15, 0.2) is 0 Å². The Morgan fingerprint density at radius 2 is 2.06 bits per heavy atom. The SMILES string of the molecule is N#CCNC(=O)C(=O)NCC1CSCCS1. The molecule has 0 saturated carbocycles. The molecule has 5 nitrogen and oxygen atoms in total. The van der Waals surface area contributed by atoms with E-state index < -0.39 is 11.8 Å². The van der Waals surface area contributed by atoms with Gasteiger partial charge in [-0.25, -0.2) is 0 Å². The van der Waals surface area contributed by atoms with E-state index in [2.05, 4.69) is 10.6 Å². The van der Waals surface area contributed by atoms with Crippen molar-refractivity contribution in [1.29, 1.82) is 5.26 Å². The lowest BCUT2D eigenvalue weighted by molar-refractivity contribution is -0.139. The molecule has 1 aliphatic heterocycles.